The molecule has 2 rings (SSSR count). The number of ether oxygens (including phenoxy) is 1. The number of aromatic nitrogens is 1. The standard InChI is InChI=1S/C15H26N2OS/c1-3-8-12-13(11-16)19-14(17-12)15(18-2)9-6-4-5-7-10-15/h3-11,16H2,1-2H3. The monoisotopic (exact) mass is 282 g/mol. The van der Waals surface area contributed by atoms with Crippen molar-refractivity contribution in [1.29, 1.82) is 0 Å². The SMILES string of the molecule is CCCc1nc(C2(OC)CCCCCC2)sc1CN. The Morgan fingerprint density at radius 1 is 1.26 bits per heavy atom. The van der Waals surface area contributed by atoms with Crippen molar-refractivity contribution in [2.45, 2.75) is 70.4 Å². The van der Waals surface area contributed by atoms with Gasteiger partial charge in [0.2, 0.25) is 0 Å². The molecule has 1 fully saturated rings. The summed E-state index contributed by atoms with van der Waals surface area (Å²) < 4.78 is 5.94. The summed E-state index contributed by atoms with van der Waals surface area (Å²) in [5.41, 5.74) is 6.93. The van der Waals surface area contributed by atoms with Crippen molar-refractivity contribution < 1.29 is 4.74 Å². The van der Waals surface area contributed by atoms with E-state index in [1.807, 2.05) is 7.11 Å². The van der Waals surface area contributed by atoms with E-state index >= 15 is 0 Å². The zero-order valence-corrected chi connectivity index (χ0v) is 13.0. The van der Waals surface area contributed by atoms with Crippen molar-refractivity contribution >= 4 is 11.3 Å². The van der Waals surface area contributed by atoms with Crippen LogP contribution in [-0.4, -0.2) is 12.1 Å². The molecule has 3 nitrogen and oxygen atoms in total. The molecule has 0 aliphatic heterocycles. The van der Waals surface area contributed by atoms with Gasteiger partial charge in [-0.3, -0.25) is 0 Å². The second-order valence-corrected chi connectivity index (χ2v) is 6.54. The predicted molar refractivity (Wildman–Crippen MR) is 80.4 cm³/mol. The highest BCUT2D eigenvalue weighted by Gasteiger charge is 2.36. The van der Waals surface area contributed by atoms with E-state index in [9.17, 15) is 0 Å². The van der Waals surface area contributed by atoms with Gasteiger partial charge in [-0.15, -0.1) is 11.3 Å². The summed E-state index contributed by atoms with van der Waals surface area (Å²) in [7, 11) is 1.84. The van der Waals surface area contributed by atoms with Crippen LogP contribution in [0.2, 0.25) is 0 Å². The van der Waals surface area contributed by atoms with Crippen molar-refractivity contribution in [3.05, 3.63) is 15.6 Å². The molecule has 0 bridgehead atoms. The maximum atomic E-state index is 5.94. The topological polar surface area (TPSA) is 48.1 Å². The molecule has 108 valence electrons. The van der Waals surface area contributed by atoms with E-state index in [1.165, 1.54) is 41.3 Å². The van der Waals surface area contributed by atoms with Crippen LogP contribution in [0.4, 0.5) is 0 Å². The molecule has 1 aliphatic rings. The average Bonchev–Trinajstić information content (AvgIpc) is 2.69. The molecule has 1 aromatic heterocycles. The fraction of sp³-hybridized carbons (Fsp3) is 0.800. The fourth-order valence-corrected chi connectivity index (χ4v) is 4.19. The third-order valence-corrected chi connectivity index (χ3v) is 5.45. The van der Waals surface area contributed by atoms with Crippen LogP contribution in [0.3, 0.4) is 0 Å². The number of nitrogens with zero attached hydrogens (tertiary/aromatic N) is 1. The maximum Gasteiger partial charge on any atom is 0.125 e. The quantitative estimate of drug-likeness (QED) is 0.837. The van der Waals surface area contributed by atoms with Crippen molar-refractivity contribution in [3.63, 3.8) is 0 Å². The van der Waals surface area contributed by atoms with Crippen molar-refractivity contribution in [2.24, 2.45) is 5.73 Å². The normalized spacial score (nSPS) is 19.3. The number of rotatable bonds is 5. The molecule has 2 N–H and O–H groups in total. The van der Waals surface area contributed by atoms with Gasteiger partial charge in [0, 0.05) is 18.5 Å². The van der Waals surface area contributed by atoms with Crippen LogP contribution in [0.1, 0.15) is 67.4 Å². The largest absolute Gasteiger partial charge is 0.371 e. The van der Waals surface area contributed by atoms with Crippen LogP contribution in [0.15, 0.2) is 0 Å². The lowest BCUT2D eigenvalue weighted by Gasteiger charge is -2.29. The molecule has 0 radical (unpaired) electrons. The minimum Gasteiger partial charge on any atom is -0.371 e. The zero-order valence-electron chi connectivity index (χ0n) is 12.2. The summed E-state index contributed by atoms with van der Waals surface area (Å²) in [6.07, 6.45) is 9.49. The summed E-state index contributed by atoms with van der Waals surface area (Å²) in [5.74, 6) is 0. The number of aryl methyl sites for hydroxylation is 1. The maximum absolute atomic E-state index is 5.94. The summed E-state index contributed by atoms with van der Waals surface area (Å²) in [6.45, 7) is 2.80. The number of hydrogen-bond acceptors (Lipinski definition) is 4. The molecule has 19 heavy (non-hydrogen) atoms. The molecule has 0 saturated heterocycles. The van der Waals surface area contributed by atoms with Gasteiger partial charge in [-0.2, -0.15) is 0 Å². The zero-order chi connectivity index (χ0) is 13.7. The molecule has 0 atom stereocenters. The Hall–Kier alpha value is -0.450. The summed E-state index contributed by atoms with van der Waals surface area (Å²) in [4.78, 5) is 6.14. The molecular formula is C15H26N2OS. The van der Waals surface area contributed by atoms with E-state index in [1.54, 1.807) is 11.3 Å². The van der Waals surface area contributed by atoms with Gasteiger partial charge in [0.1, 0.15) is 10.6 Å². The first-order valence-corrected chi connectivity index (χ1v) is 8.31. The van der Waals surface area contributed by atoms with E-state index < -0.39 is 0 Å². The van der Waals surface area contributed by atoms with Crippen LogP contribution in [0.25, 0.3) is 0 Å². The molecule has 0 amide bonds. The van der Waals surface area contributed by atoms with Gasteiger partial charge in [-0.25, -0.2) is 4.98 Å². The van der Waals surface area contributed by atoms with Gasteiger partial charge in [-0.1, -0.05) is 39.0 Å². The molecule has 0 unspecified atom stereocenters. The lowest BCUT2D eigenvalue weighted by Crippen LogP contribution is -2.27. The minimum absolute atomic E-state index is 0.142. The number of hydrogen-bond donors (Lipinski definition) is 1. The molecule has 0 aromatic carbocycles. The second-order valence-electron chi connectivity index (χ2n) is 5.46. The van der Waals surface area contributed by atoms with E-state index in [-0.39, 0.29) is 5.60 Å². The Kier molecular flexibility index (Phi) is 5.37. The summed E-state index contributed by atoms with van der Waals surface area (Å²) in [5, 5.41) is 1.17. The summed E-state index contributed by atoms with van der Waals surface area (Å²) in [6, 6.07) is 0. The summed E-state index contributed by atoms with van der Waals surface area (Å²) >= 11 is 1.78. The highest BCUT2D eigenvalue weighted by atomic mass is 32.1. The van der Waals surface area contributed by atoms with Gasteiger partial charge >= 0.3 is 0 Å². The third-order valence-electron chi connectivity index (χ3n) is 4.14. The molecule has 1 aliphatic carbocycles. The van der Waals surface area contributed by atoms with Gasteiger partial charge in [-0.05, 0) is 19.3 Å². The van der Waals surface area contributed by atoms with Gasteiger partial charge < -0.3 is 10.5 Å². The Balaban J connectivity index is 2.31. The first-order valence-electron chi connectivity index (χ1n) is 7.50. The van der Waals surface area contributed by atoms with Crippen molar-refractivity contribution in [2.75, 3.05) is 7.11 Å². The third kappa shape index (κ3) is 3.18. The lowest BCUT2D eigenvalue weighted by atomic mass is 9.95. The van der Waals surface area contributed by atoms with Gasteiger partial charge in [0.15, 0.2) is 0 Å². The average molecular weight is 282 g/mol. The Labute approximate surface area is 120 Å². The van der Waals surface area contributed by atoms with E-state index in [0.717, 1.165) is 25.7 Å². The van der Waals surface area contributed by atoms with Crippen LogP contribution < -0.4 is 5.73 Å². The fourth-order valence-electron chi connectivity index (χ4n) is 2.97. The molecule has 1 aromatic rings. The number of nitrogens with two attached hydrogens (primary N) is 1. The Morgan fingerprint density at radius 3 is 2.47 bits per heavy atom. The Bertz CT molecular complexity index is 395. The lowest BCUT2D eigenvalue weighted by molar-refractivity contribution is -0.0280. The first-order chi connectivity index (χ1) is 9.25. The van der Waals surface area contributed by atoms with Gasteiger partial charge in [0.05, 0.1) is 5.69 Å². The number of thiazole rings is 1. The molecule has 1 saturated carbocycles. The van der Waals surface area contributed by atoms with E-state index in [4.69, 9.17) is 15.5 Å². The molecule has 0 spiro atoms. The number of methoxy groups -OCH3 is 1. The Morgan fingerprint density at radius 2 is 1.95 bits per heavy atom. The van der Waals surface area contributed by atoms with E-state index in [2.05, 4.69) is 6.92 Å². The highest BCUT2D eigenvalue weighted by molar-refractivity contribution is 7.11. The van der Waals surface area contributed by atoms with Crippen LogP contribution in [-0.2, 0) is 23.3 Å². The van der Waals surface area contributed by atoms with Crippen LogP contribution in [0.5, 0.6) is 0 Å². The molecule has 4 heteroatoms. The van der Waals surface area contributed by atoms with Crippen molar-refractivity contribution in [1.82, 2.24) is 4.98 Å². The van der Waals surface area contributed by atoms with Crippen molar-refractivity contribution in [3.8, 4) is 0 Å². The van der Waals surface area contributed by atoms with Crippen LogP contribution >= 0.6 is 11.3 Å². The smallest absolute Gasteiger partial charge is 0.125 e. The predicted octanol–water partition coefficient (Wildman–Crippen LogP) is 3.75. The first kappa shape index (κ1) is 14.9. The second kappa shape index (κ2) is 6.82. The highest BCUT2D eigenvalue weighted by Crippen LogP contribution is 2.41. The van der Waals surface area contributed by atoms with Gasteiger partial charge in [0.25, 0.3) is 0 Å². The minimum atomic E-state index is -0.142. The molecular weight excluding hydrogens is 256 g/mol. The van der Waals surface area contributed by atoms with Crippen LogP contribution in [0, 0.1) is 0 Å². The van der Waals surface area contributed by atoms with E-state index in [0.29, 0.717) is 6.54 Å². The molecule has 1 heterocycles.